The highest BCUT2D eigenvalue weighted by atomic mass is 32.1. The van der Waals surface area contributed by atoms with Crippen LogP contribution in [0.3, 0.4) is 0 Å². The first-order valence-corrected chi connectivity index (χ1v) is 8.51. The number of nitro benzene ring substituents is 1. The normalized spacial score (nSPS) is 23.5. The first-order chi connectivity index (χ1) is 12.2. The number of likely N-dealkylation sites (tertiary alicyclic amines) is 1. The maximum Gasteiger partial charge on any atom is 0.411 e. The van der Waals surface area contributed by atoms with Crippen molar-refractivity contribution in [3.8, 4) is 0 Å². The number of nitrogens with zero attached hydrogens (tertiary/aromatic N) is 2. The minimum atomic E-state index is -1.35. The van der Waals surface area contributed by atoms with E-state index in [2.05, 4.69) is 12.6 Å². The fourth-order valence-corrected chi connectivity index (χ4v) is 3.62. The summed E-state index contributed by atoms with van der Waals surface area (Å²) in [6.07, 6.45) is -1.37. The summed E-state index contributed by atoms with van der Waals surface area (Å²) in [6, 6.07) is 5.58. The zero-order chi connectivity index (χ0) is 19.5. The summed E-state index contributed by atoms with van der Waals surface area (Å²) in [6.45, 7) is 1.56. The van der Waals surface area contributed by atoms with Gasteiger partial charge < -0.3 is 15.6 Å². The highest BCUT2D eigenvalue weighted by Gasteiger charge is 2.52. The molecule has 0 saturated carbocycles. The number of rotatable bonds is 6. The van der Waals surface area contributed by atoms with Gasteiger partial charge in [0.1, 0.15) is 12.1 Å². The van der Waals surface area contributed by atoms with E-state index in [1.807, 2.05) is 0 Å². The molecular formula is C16H21N3O6S. The Morgan fingerprint density at radius 1 is 1.50 bits per heavy atom. The van der Waals surface area contributed by atoms with E-state index in [9.17, 15) is 24.8 Å². The first kappa shape index (κ1) is 20.0. The molecule has 2 amide bonds. The minimum absolute atomic E-state index is 0.00791. The lowest BCUT2D eigenvalue weighted by atomic mass is 9.89. The molecule has 3 atom stereocenters. The lowest BCUT2D eigenvalue weighted by Gasteiger charge is -2.35. The van der Waals surface area contributed by atoms with E-state index in [0.29, 0.717) is 5.56 Å². The Labute approximate surface area is 155 Å². The highest BCUT2D eigenvalue weighted by molar-refractivity contribution is 7.81. The number of nitrogens with two attached hydrogens (primary N) is 1. The molecule has 1 aromatic rings. The molecule has 1 saturated heterocycles. The molecule has 9 nitrogen and oxygen atoms in total. The van der Waals surface area contributed by atoms with E-state index < -0.39 is 28.6 Å². The van der Waals surface area contributed by atoms with Gasteiger partial charge in [0, 0.05) is 30.3 Å². The van der Waals surface area contributed by atoms with Gasteiger partial charge in [-0.3, -0.25) is 19.8 Å². The Morgan fingerprint density at radius 2 is 2.12 bits per heavy atom. The number of aliphatic hydroxyl groups excluding tert-OH is 1. The SMILES string of the molecule is C[C@@H](O)C[C@@]1(C(N)=O)C[C@H](S)CN1C(=O)OCc1ccc([N+](=O)[O-])cc1. The minimum Gasteiger partial charge on any atom is -0.445 e. The number of ether oxygens (including phenoxy) is 1. The average molecular weight is 383 g/mol. The van der Waals surface area contributed by atoms with Crippen LogP contribution in [-0.2, 0) is 16.1 Å². The van der Waals surface area contributed by atoms with Crippen molar-refractivity contribution in [3.05, 3.63) is 39.9 Å². The number of non-ortho nitro benzene ring substituents is 1. The number of carbonyl (C=O) groups excluding carboxylic acids is 2. The Balaban J connectivity index is 2.10. The molecule has 0 aliphatic carbocycles. The van der Waals surface area contributed by atoms with Gasteiger partial charge in [0.15, 0.2) is 0 Å². The maximum atomic E-state index is 12.5. The second-order valence-electron chi connectivity index (χ2n) is 6.40. The molecule has 142 valence electrons. The third-order valence-electron chi connectivity index (χ3n) is 4.30. The third kappa shape index (κ3) is 4.25. The van der Waals surface area contributed by atoms with Gasteiger partial charge in [-0.05, 0) is 31.0 Å². The van der Waals surface area contributed by atoms with Gasteiger partial charge >= 0.3 is 6.09 Å². The fourth-order valence-electron chi connectivity index (χ4n) is 3.15. The topological polar surface area (TPSA) is 136 Å². The molecular weight excluding hydrogens is 362 g/mol. The van der Waals surface area contributed by atoms with Crippen molar-refractivity contribution in [2.75, 3.05) is 6.54 Å². The van der Waals surface area contributed by atoms with Crippen molar-refractivity contribution in [3.63, 3.8) is 0 Å². The van der Waals surface area contributed by atoms with Crippen LogP contribution in [0.1, 0.15) is 25.3 Å². The Hall–Kier alpha value is -2.33. The molecule has 0 unspecified atom stereocenters. The van der Waals surface area contributed by atoms with Gasteiger partial charge in [0.2, 0.25) is 5.91 Å². The van der Waals surface area contributed by atoms with Gasteiger partial charge in [-0.15, -0.1) is 0 Å². The summed E-state index contributed by atoms with van der Waals surface area (Å²) < 4.78 is 5.24. The standard InChI is InChI=1S/C16H21N3O6S/c1-10(20)6-16(14(17)21)7-13(26)8-18(16)15(22)25-9-11-2-4-12(5-3-11)19(23)24/h2-5,10,13,20,26H,6-9H2,1H3,(H2,17,21)/t10-,13+,16+/m1/s1. The molecule has 26 heavy (non-hydrogen) atoms. The van der Waals surface area contributed by atoms with Crippen LogP contribution in [0.25, 0.3) is 0 Å². The van der Waals surface area contributed by atoms with Crippen LogP contribution >= 0.6 is 12.6 Å². The number of benzene rings is 1. The molecule has 1 aliphatic heterocycles. The number of amides is 2. The predicted molar refractivity (Wildman–Crippen MR) is 95.6 cm³/mol. The number of carbonyl (C=O) groups is 2. The van der Waals surface area contributed by atoms with E-state index in [0.717, 1.165) is 0 Å². The molecule has 0 spiro atoms. The van der Waals surface area contributed by atoms with Crippen LogP contribution in [0.15, 0.2) is 24.3 Å². The summed E-state index contributed by atoms with van der Waals surface area (Å²) in [7, 11) is 0. The smallest absolute Gasteiger partial charge is 0.411 e. The zero-order valence-corrected chi connectivity index (χ0v) is 15.1. The van der Waals surface area contributed by atoms with Crippen molar-refractivity contribution in [1.82, 2.24) is 4.90 Å². The number of nitro groups is 1. The molecule has 0 aromatic heterocycles. The molecule has 1 aliphatic rings. The van der Waals surface area contributed by atoms with Gasteiger partial charge in [-0.25, -0.2) is 4.79 Å². The van der Waals surface area contributed by atoms with Crippen LogP contribution in [0, 0.1) is 10.1 Å². The van der Waals surface area contributed by atoms with Crippen LogP contribution in [0.2, 0.25) is 0 Å². The number of aliphatic hydroxyl groups is 1. The predicted octanol–water partition coefficient (Wildman–Crippen LogP) is 1.23. The monoisotopic (exact) mass is 383 g/mol. The molecule has 2 rings (SSSR count). The van der Waals surface area contributed by atoms with Crippen LogP contribution in [-0.4, -0.2) is 50.4 Å². The second kappa shape index (κ2) is 7.92. The Bertz CT molecular complexity index is 696. The third-order valence-corrected chi connectivity index (χ3v) is 4.65. The molecule has 0 radical (unpaired) electrons. The van der Waals surface area contributed by atoms with Gasteiger partial charge in [0.05, 0.1) is 11.0 Å². The first-order valence-electron chi connectivity index (χ1n) is 7.99. The molecule has 1 fully saturated rings. The summed E-state index contributed by atoms with van der Waals surface area (Å²) in [5.74, 6) is -0.720. The fraction of sp³-hybridized carbons (Fsp3) is 0.500. The molecule has 1 aromatic carbocycles. The van der Waals surface area contributed by atoms with E-state index in [1.54, 1.807) is 0 Å². The molecule has 0 bridgehead atoms. The number of hydrogen-bond donors (Lipinski definition) is 3. The molecule has 10 heteroatoms. The van der Waals surface area contributed by atoms with Gasteiger partial charge in [-0.1, -0.05) is 0 Å². The highest BCUT2D eigenvalue weighted by Crippen LogP contribution is 2.36. The summed E-state index contributed by atoms with van der Waals surface area (Å²) >= 11 is 4.34. The average Bonchev–Trinajstić information content (AvgIpc) is 2.90. The molecule has 1 heterocycles. The number of thiol groups is 1. The Kier molecular flexibility index (Phi) is 6.09. The zero-order valence-electron chi connectivity index (χ0n) is 14.2. The molecule has 3 N–H and O–H groups in total. The van der Waals surface area contributed by atoms with Gasteiger partial charge in [-0.2, -0.15) is 12.6 Å². The van der Waals surface area contributed by atoms with E-state index in [4.69, 9.17) is 10.5 Å². The quantitative estimate of drug-likeness (QED) is 0.384. The summed E-state index contributed by atoms with van der Waals surface area (Å²) in [5, 5.41) is 20.1. The number of hydrogen-bond acceptors (Lipinski definition) is 7. The lowest BCUT2D eigenvalue weighted by Crippen LogP contribution is -2.57. The van der Waals surface area contributed by atoms with E-state index >= 15 is 0 Å². The lowest BCUT2D eigenvalue weighted by molar-refractivity contribution is -0.384. The van der Waals surface area contributed by atoms with Crippen molar-refractivity contribution >= 4 is 30.3 Å². The van der Waals surface area contributed by atoms with Crippen molar-refractivity contribution in [2.24, 2.45) is 5.73 Å². The van der Waals surface area contributed by atoms with E-state index in [-0.39, 0.29) is 36.9 Å². The van der Waals surface area contributed by atoms with Crippen LogP contribution in [0.5, 0.6) is 0 Å². The van der Waals surface area contributed by atoms with Crippen molar-refractivity contribution in [1.29, 1.82) is 0 Å². The Morgan fingerprint density at radius 3 is 2.62 bits per heavy atom. The number of primary amides is 1. The van der Waals surface area contributed by atoms with Crippen molar-refractivity contribution < 1.29 is 24.4 Å². The van der Waals surface area contributed by atoms with E-state index in [1.165, 1.54) is 36.1 Å². The van der Waals surface area contributed by atoms with Crippen LogP contribution < -0.4 is 5.73 Å². The van der Waals surface area contributed by atoms with Crippen LogP contribution in [0.4, 0.5) is 10.5 Å². The largest absolute Gasteiger partial charge is 0.445 e. The van der Waals surface area contributed by atoms with Crippen molar-refractivity contribution in [2.45, 2.75) is 43.3 Å². The van der Waals surface area contributed by atoms with Gasteiger partial charge in [0.25, 0.3) is 5.69 Å². The summed E-state index contributed by atoms with van der Waals surface area (Å²) in [4.78, 5) is 35.9. The summed E-state index contributed by atoms with van der Waals surface area (Å²) in [5.41, 5.74) is 4.67. The maximum absolute atomic E-state index is 12.5. The second-order valence-corrected chi connectivity index (χ2v) is 7.13.